The van der Waals surface area contributed by atoms with Crippen molar-refractivity contribution in [3.05, 3.63) is 99.5 Å². The van der Waals surface area contributed by atoms with E-state index in [0.29, 0.717) is 12.1 Å². The summed E-state index contributed by atoms with van der Waals surface area (Å²) in [6.45, 7) is 3.51. The Morgan fingerprint density at radius 1 is 0.951 bits per heavy atom. The van der Waals surface area contributed by atoms with Crippen LogP contribution in [0.15, 0.2) is 77.3 Å². The molecule has 3 aromatic rings. The lowest BCUT2D eigenvalue weighted by Crippen LogP contribution is -2.54. The van der Waals surface area contributed by atoms with E-state index < -0.39 is 28.5 Å². The first kappa shape index (κ1) is 30.8. The molecular weight excluding hydrogens is 602 g/mol. The summed E-state index contributed by atoms with van der Waals surface area (Å²) >= 11 is 3.46. The summed E-state index contributed by atoms with van der Waals surface area (Å²) in [7, 11) is -3.80. The minimum atomic E-state index is -3.80. The third-order valence-electron chi connectivity index (χ3n) is 7.54. The maximum Gasteiger partial charge on any atom is 0.244 e. The Labute approximate surface area is 252 Å². The van der Waals surface area contributed by atoms with Crippen molar-refractivity contribution in [2.45, 2.75) is 64.6 Å². The van der Waals surface area contributed by atoms with Gasteiger partial charge in [0.1, 0.15) is 12.6 Å². The number of carbonyl (C=O) groups excluding carboxylic acids is 2. The molecule has 1 aliphatic rings. The Morgan fingerprint density at radius 2 is 1.61 bits per heavy atom. The number of amides is 2. The summed E-state index contributed by atoms with van der Waals surface area (Å²) in [5.41, 5.74) is 3.95. The van der Waals surface area contributed by atoms with Crippen LogP contribution in [0.2, 0.25) is 0 Å². The van der Waals surface area contributed by atoms with Gasteiger partial charge in [-0.3, -0.25) is 13.9 Å². The zero-order valence-corrected chi connectivity index (χ0v) is 26.2. The Kier molecular flexibility index (Phi) is 10.3. The van der Waals surface area contributed by atoms with Crippen molar-refractivity contribution in [1.82, 2.24) is 10.2 Å². The summed E-state index contributed by atoms with van der Waals surface area (Å²) in [4.78, 5) is 29.7. The van der Waals surface area contributed by atoms with Crippen LogP contribution in [0, 0.1) is 13.8 Å². The lowest BCUT2D eigenvalue weighted by atomic mass is 10.0. The van der Waals surface area contributed by atoms with E-state index in [2.05, 4.69) is 21.2 Å². The van der Waals surface area contributed by atoms with Crippen molar-refractivity contribution >= 4 is 43.5 Å². The molecule has 0 unspecified atom stereocenters. The number of benzene rings is 3. The Balaban J connectivity index is 1.73. The summed E-state index contributed by atoms with van der Waals surface area (Å²) in [5, 5.41) is 3.19. The van der Waals surface area contributed by atoms with Gasteiger partial charge in [0.25, 0.3) is 0 Å². The topological polar surface area (TPSA) is 86.8 Å². The molecule has 3 aromatic carbocycles. The maximum absolute atomic E-state index is 14.2. The normalized spacial score (nSPS) is 14.4. The molecule has 1 N–H and O–H groups in total. The third-order valence-corrected chi connectivity index (χ3v) is 9.19. The van der Waals surface area contributed by atoms with Crippen LogP contribution < -0.4 is 9.62 Å². The van der Waals surface area contributed by atoms with E-state index in [0.717, 1.165) is 63.0 Å². The summed E-state index contributed by atoms with van der Waals surface area (Å²) in [6.07, 6.45) is 5.37. The summed E-state index contributed by atoms with van der Waals surface area (Å²) in [6, 6.07) is 21.9. The molecule has 1 saturated carbocycles. The van der Waals surface area contributed by atoms with Crippen molar-refractivity contribution in [3.63, 3.8) is 0 Å². The standard InChI is InChI=1S/C32H38BrN3O4S/c1-23-13-18-29(24(2)19-23)36(41(3,39)40)22-31(37)35(21-26-14-16-27(33)17-15-26)30(20-25-9-5-4-6-10-25)32(38)34-28-11-7-8-12-28/h4-6,9-10,13-19,28,30H,7-8,11-12,20-22H2,1-3H3,(H,34,38)/t30-/m0/s1. The molecule has 9 heteroatoms. The van der Waals surface area contributed by atoms with Gasteiger partial charge in [0.05, 0.1) is 11.9 Å². The fourth-order valence-electron chi connectivity index (χ4n) is 5.39. The SMILES string of the molecule is Cc1ccc(N(CC(=O)N(Cc2ccc(Br)cc2)[C@@H](Cc2ccccc2)C(=O)NC2CCCC2)S(C)(=O)=O)c(C)c1. The molecule has 0 heterocycles. The number of carbonyl (C=O) groups is 2. The van der Waals surface area contributed by atoms with Gasteiger partial charge < -0.3 is 10.2 Å². The van der Waals surface area contributed by atoms with Crippen molar-refractivity contribution < 1.29 is 18.0 Å². The number of nitrogens with one attached hydrogen (secondary N) is 1. The quantitative estimate of drug-likeness (QED) is 0.299. The smallest absolute Gasteiger partial charge is 0.244 e. The first-order valence-corrected chi connectivity index (χ1v) is 16.6. The highest BCUT2D eigenvalue weighted by Crippen LogP contribution is 2.25. The summed E-state index contributed by atoms with van der Waals surface area (Å²) < 4.78 is 28.1. The van der Waals surface area contributed by atoms with Crippen LogP contribution in [-0.2, 0) is 32.6 Å². The van der Waals surface area contributed by atoms with Crippen LogP contribution >= 0.6 is 15.9 Å². The van der Waals surface area contributed by atoms with E-state index in [1.165, 1.54) is 0 Å². The van der Waals surface area contributed by atoms with Crippen LogP contribution in [0.1, 0.15) is 47.9 Å². The van der Waals surface area contributed by atoms with Gasteiger partial charge in [-0.2, -0.15) is 0 Å². The molecule has 0 radical (unpaired) electrons. The Bertz CT molecular complexity index is 1460. The van der Waals surface area contributed by atoms with E-state index >= 15 is 0 Å². The molecule has 7 nitrogen and oxygen atoms in total. The number of hydrogen-bond acceptors (Lipinski definition) is 4. The van der Waals surface area contributed by atoms with Gasteiger partial charge in [0.2, 0.25) is 21.8 Å². The van der Waals surface area contributed by atoms with E-state index in [9.17, 15) is 18.0 Å². The monoisotopic (exact) mass is 639 g/mol. The van der Waals surface area contributed by atoms with E-state index in [1.807, 2.05) is 80.6 Å². The second-order valence-electron chi connectivity index (χ2n) is 10.9. The van der Waals surface area contributed by atoms with Crippen molar-refractivity contribution in [1.29, 1.82) is 0 Å². The lowest BCUT2D eigenvalue weighted by Gasteiger charge is -2.34. The molecule has 4 rings (SSSR count). The van der Waals surface area contributed by atoms with Gasteiger partial charge in [0.15, 0.2) is 0 Å². The Hall–Kier alpha value is -3.17. The minimum absolute atomic E-state index is 0.0770. The zero-order valence-electron chi connectivity index (χ0n) is 23.8. The van der Waals surface area contributed by atoms with Gasteiger partial charge in [-0.1, -0.05) is 88.9 Å². The molecule has 41 heavy (non-hydrogen) atoms. The van der Waals surface area contributed by atoms with Gasteiger partial charge in [-0.25, -0.2) is 8.42 Å². The predicted octanol–water partition coefficient (Wildman–Crippen LogP) is 5.53. The average Bonchev–Trinajstić information content (AvgIpc) is 3.43. The van der Waals surface area contributed by atoms with Gasteiger partial charge in [0, 0.05) is 23.5 Å². The number of aryl methyl sites for hydroxylation is 2. The highest BCUT2D eigenvalue weighted by Gasteiger charge is 2.34. The molecule has 0 aromatic heterocycles. The van der Waals surface area contributed by atoms with E-state index in [1.54, 1.807) is 11.0 Å². The van der Waals surface area contributed by atoms with Crippen LogP contribution in [-0.4, -0.2) is 50.0 Å². The van der Waals surface area contributed by atoms with Crippen LogP contribution in [0.3, 0.4) is 0 Å². The molecule has 0 saturated heterocycles. The van der Waals surface area contributed by atoms with Crippen LogP contribution in [0.25, 0.3) is 0 Å². The second kappa shape index (κ2) is 13.7. The molecule has 1 aliphatic carbocycles. The van der Waals surface area contributed by atoms with Gasteiger partial charge in [-0.05, 0) is 61.6 Å². The number of anilines is 1. The van der Waals surface area contributed by atoms with Gasteiger partial charge in [-0.15, -0.1) is 0 Å². The predicted molar refractivity (Wildman–Crippen MR) is 167 cm³/mol. The third kappa shape index (κ3) is 8.42. The number of hydrogen-bond donors (Lipinski definition) is 1. The second-order valence-corrected chi connectivity index (χ2v) is 13.7. The van der Waals surface area contributed by atoms with Crippen LogP contribution in [0.5, 0.6) is 0 Å². The molecule has 1 atom stereocenters. The van der Waals surface area contributed by atoms with Crippen molar-refractivity contribution in [2.24, 2.45) is 0 Å². The van der Waals surface area contributed by atoms with Crippen molar-refractivity contribution in [3.8, 4) is 0 Å². The largest absolute Gasteiger partial charge is 0.352 e. The number of halogens is 1. The number of sulfonamides is 1. The molecule has 1 fully saturated rings. The fraction of sp³-hybridized carbons (Fsp3) is 0.375. The summed E-state index contributed by atoms with van der Waals surface area (Å²) in [5.74, 6) is -0.663. The van der Waals surface area contributed by atoms with Crippen molar-refractivity contribution in [2.75, 3.05) is 17.1 Å². The first-order valence-electron chi connectivity index (χ1n) is 13.9. The maximum atomic E-state index is 14.2. The lowest BCUT2D eigenvalue weighted by molar-refractivity contribution is -0.140. The minimum Gasteiger partial charge on any atom is -0.352 e. The molecule has 0 aliphatic heterocycles. The highest BCUT2D eigenvalue weighted by atomic mass is 79.9. The molecule has 0 bridgehead atoms. The fourth-order valence-corrected chi connectivity index (χ4v) is 6.56. The molecule has 2 amide bonds. The Morgan fingerprint density at radius 3 is 2.22 bits per heavy atom. The highest BCUT2D eigenvalue weighted by molar-refractivity contribution is 9.10. The molecular formula is C32H38BrN3O4S. The van der Waals surface area contributed by atoms with E-state index in [-0.39, 0.29) is 18.5 Å². The zero-order chi connectivity index (χ0) is 29.6. The van der Waals surface area contributed by atoms with E-state index in [4.69, 9.17) is 0 Å². The molecule has 0 spiro atoms. The molecule has 218 valence electrons. The first-order chi connectivity index (χ1) is 19.5. The van der Waals surface area contributed by atoms with Crippen LogP contribution in [0.4, 0.5) is 5.69 Å². The number of rotatable bonds is 11. The average molecular weight is 641 g/mol. The van der Waals surface area contributed by atoms with Gasteiger partial charge >= 0.3 is 0 Å². The number of nitrogens with zero attached hydrogens (tertiary/aromatic N) is 2.